The molecule has 0 heterocycles. The van der Waals surface area contributed by atoms with Crippen LogP contribution in [0.3, 0.4) is 0 Å². The fraction of sp³-hybridized carbons (Fsp3) is 0.273. The molecule has 0 radical (unpaired) electrons. The van der Waals surface area contributed by atoms with Gasteiger partial charge in [0.25, 0.3) is 0 Å². The summed E-state index contributed by atoms with van der Waals surface area (Å²) in [7, 11) is 1.34. The summed E-state index contributed by atoms with van der Waals surface area (Å²) in [6, 6.07) is 6.85. The van der Waals surface area contributed by atoms with Crippen molar-refractivity contribution in [3.05, 3.63) is 35.4 Å². The molecule has 0 saturated heterocycles. The van der Waals surface area contributed by atoms with E-state index in [2.05, 4.69) is 10.1 Å². The van der Waals surface area contributed by atoms with E-state index in [1.54, 1.807) is 24.3 Å². The number of methoxy groups -OCH3 is 1. The third-order valence-electron chi connectivity index (χ3n) is 2.15. The zero-order valence-corrected chi connectivity index (χ0v) is 8.69. The first kappa shape index (κ1) is 11.2. The molecule has 0 aliphatic heterocycles. The van der Waals surface area contributed by atoms with Gasteiger partial charge in [0.15, 0.2) is 0 Å². The maximum atomic E-state index is 11.1. The molecular weight excluding hydrogens is 194 g/mol. The molecule has 0 spiro atoms. The summed E-state index contributed by atoms with van der Waals surface area (Å²) >= 11 is 0. The van der Waals surface area contributed by atoms with Gasteiger partial charge in [-0.3, -0.25) is 4.79 Å². The van der Waals surface area contributed by atoms with Crippen molar-refractivity contribution in [1.29, 1.82) is 0 Å². The van der Waals surface area contributed by atoms with E-state index >= 15 is 0 Å². The Balaban J connectivity index is 2.80. The number of hydrogen-bond acceptors (Lipinski definition) is 3. The normalized spacial score (nSPS) is 11.6. The predicted molar refractivity (Wildman–Crippen MR) is 55.4 cm³/mol. The lowest BCUT2D eigenvalue weighted by Crippen LogP contribution is -2.16. The largest absolute Gasteiger partial charge is 0.465 e. The van der Waals surface area contributed by atoms with Crippen LogP contribution in [-0.4, -0.2) is 19.5 Å². The molecule has 80 valence electrons. The van der Waals surface area contributed by atoms with Gasteiger partial charge < -0.3 is 10.1 Å². The van der Waals surface area contributed by atoms with Crippen molar-refractivity contribution in [3.8, 4) is 0 Å². The van der Waals surface area contributed by atoms with Gasteiger partial charge in [-0.2, -0.15) is 0 Å². The van der Waals surface area contributed by atoms with Crippen molar-refractivity contribution in [2.75, 3.05) is 7.11 Å². The van der Waals surface area contributed by atoms with Crippen LogP contribution >= 0.6 is 0 Å². The summed E-state index contributed by atoms with van der Waals surface area (Å²) in [5, 5.41) is 2.63. The highest BCUT2D eigenvalue weighted by Gasteiger charge is 2.07. The monoisotopic (exact) mass is 207 g/mol. The Hall–Kier alpha value is -1.84. The minimum Gasteiger partial charge on any atom is -0.465 e. The van der Waals surface area contributed by atoms with Crippen LogP contribution in [0.5, 0.6) is 0 Å². The zero-order chi connectivity index (χ0) is 11.3. The van der Waals surface area contributed by atoms with Gasteiger partial charge in [-0.15, -0.1) is 0 Å². The lowest BCUT2D eigenvalue weighted by atomic mass is 10.1. The second-order valence-electron chi connectivity index (χ2n) is 3.12. The predicted octanol–water partition coefficient (Wildman–Crippen LogP) is 1.28. The van der Waals surface area contributed by atoms with Crippen LogP contribution in [0, 0.1) is 0 Å². The number of hydrogen-bond donors (Lipinski definition) is 1. The average molecular weight is 207 g/mol. The van der Waals surface area contributed by atoms with Crippen LogP contribution in [0.15, 0.2) is 24.3 Å². The number of benzene rings is 1. The average Bonchev–Trinajstić information content (AvgIpc) is 2.28. The standard InChI is InChI=1S/C11H13NO3/c1-8(12-7-13)9-3-5-10(6-4-9)11(14)15-2/h3-8H,1-2H3,(H,12,13). The minimum atomic E-state index is -0.363. The molecule has 0 aliphatic rings. The Morgan fingerprint density at radius 2 is 2.00 bits per heavy atom. The Labute approximate surface area is 88.2 Å². The van der Waals surface area contributed by atoms with Crippen LogP contribution in [0.4, 0.5) is 0 Å². The molecule has 1 N–H and O–H groups in total. The number of carbonyl (C=O) groups excluding carboxylic acids is 2. The quantitative estimate of drug-likeness (QED) is 0.597. The van der Waals surface area contributed by atoms with Gasteiger partial charge >= 0.3 is 5.97 Å². The first-order chi connectivity index (χ1) is 7.19. The van der Waals surface area contributed by atoms with E-state index in [0.717, 1.165) is 5.56 Å². The third kappa shape index (κ3) is 2.80. The Bertz CT molecular complexity index is 345. The minimum absolute atomic E-state index is 0.0609. The number of nitrogens with one attached hydrogen (secondary N) is 1. The summed E-state index contributed by atoms with van der Waals surface area (Å²) in [5.74, 6) is -0.363. The Kier molecular flexibility index (Phi) is 3.85. The molecule has 0 aromatic heterocycles. The fourth-order valence-electron chi connectivity index (χ4n) is 1.22. The third-order valence-corrected chi connectivity index (χ3v) is 2.15. The fourth-order valence-corrected chi connectivity index (χ4v) is 1.22. The lowest BCUT2D eigenvalue weighted by molar-refractivity contribution is -0.110. The number of esters is 1. The van der Waals surface area contributed by atoms with Crippen molar-refractivity contribution >= 4 is 12.4 Å². The topological polar surface area (TPSA) is 55.4 Å². The molecule has 1 aromatic rings. The highest BCUT2D eigenvalue weighted by molar-refractivity contribution is 5.89. The second kappa shape index (κ2) is 5.14. The Morgan fingerprint density at radius 1 is 1.40 bits per heavy atom. The van der Waals surface area contributed by atoms with Gasteiger partial charge in [-0.05, 0) is 24.6 Å². The van der Waals surface area contributed by atoms with Crippen LogP contribution < -0.4 is 5.32 Å². The number of amides is 1. The van der Waals surface area contributed by atoms with E-state index in [4.69, 9.17) is 0 Å². The second-order valence-corrected chi connectivity index (χ2v) is 3.12. The van der Waals surface area contributed by atoms with E-state index < -0.39 is 0 Å². The maximum absolute atomic E-state index is 11.1. The van der Waals surface area contributed by atoms with Crippen LogP contribution in [0.25, 0.3) is 0 Å². The van der Waals surface area contributed by atoms with E-state index in [-0.39, 0.29) is 12.0 Å². The number of rotatable bonds is 4. The van der Waals surface area contributed by atoms with Gasteiger partial charge in [0.2, 0.25) is 6.41 Å². The maximum Gasteiger partial charge on any atom is 0.337 e. The Morgan fingerprint density at radius 3 is 2.47 bits per heavy atom. The first-order valence-corrected chi connectivity index (χ1v) is 4.57. The summed E-state index contributed by atoms with van der Waals surface area (Å²) in [6.45, 7) is 1.86. The van der Waals surface area contributed by atoms with E-state index in [9.17, 15) is 9.59 Å². The molecule has 1 unspecified atom stereocenters. The molecule has 4 heteroatoms. The molecule has 1 amide bonds. The van der Waals surface area contributed by atoms with Crippen molar-refractivity contribution < 1.29 is 14.3 Å². The molecule has 0 fully saturated rings. The van der Waals surface area contributed by atoms with Gasteiger partial charge in [0, 0.05) is 0 Å². The van der Waals surface area contributed by atoms with Gasteiger partial charge in [-0.1, -0.05) is 12.1 Å². The first-order valence-electron chi connectivity index (χ1n) is 4.57. The summed E-state index contributed by atoms with van der Waals surface area (Å²) in [6.07, 6.45) is 0.652. The van der Waals surface area contributed by atoms with Gasteiger partial charge in [-0.25, -0.2) is 4.79 Å². The molecular formula is C11H13NO3. The van der Waals surface area contributed by atoms with E-state index in [1.165, 1.54) is 7.11 Å². The SMILES string of the molecule is COC(=O)c1ccc(C(C)NC=O)cc1. The van der Waals surface area contributed by atoms with Crippen molar-refractivity contribution in [2.45, 2.75) is 13.0 Å². The van der Waals surface area contributed by atoms with E-state index in [0.29, 0.717) is 12.0 Å². The van der Waals surface area contributed by atoms with Gasteiger partial charge in [0.1, 0.15) is 0 Å². The highest BCUT2D eigenvalue weighted by atomic mass is 16.5. The molecule has 1 atom stereocenters. The van der Waals surface area contributed by atoms with Gasteiger partial charge in [0.05, 0.1) is 18.7 Å². The summed E-state index contributed by atoms with van der Waals surface area (Å²) in [4.78, 5) is 21.4. The number of carbonyl (C=O) groups is 2. The molecule has 15 heavy (non-hydrogen) atoms. The molecule has 1 aromatic carbocycles. The van der Waals surface area contributed by atoms with Crippen LogP contribution in [0.1, 0.15) is 28.9 Å². The summed E-state index contributed by atoms with van der Waals surface area (Å²) in [5.41, 5.74) is 1.44. The molecule has 0 bridgehead atoms. The van der Waals surface area contributed by atoms with Crippen molar-refractivity contribution in [2.24, 2.45) is 0 Å². The zero-order valence-electron chi connectivity index (χ0n) is 8.69. The molecule has 0 saturated carbocycles. The van der Waals surface area contributed by atoms with Crippen LogP contribution in [0.2, 0.25) is 0 Å². The van der Waals surface area contributed by atoms with E-state index in [1.807, 2.05) is 6.92 Å². The lowest BCUT2D eigenvalue weighted by Gasteiger charge is -2.10. The smallest absolute Gasteiger partial charge is 0.337 e. The summed E-state index contributed by atoms with van der Waals surface area (Å²) < 4.78 is 4.57. The molecule has 0 aliphatic carbocycles. The van der Waals surface area contributed by atoms with Crippen molar-refractivity contribution in [1.82, 2.24) is 5.32 Å². The highest BCUT2D eigenvalue weighted by Crippen LogP contribution is 2.13. The number of ether oxygens (including phenoxy) is 1. The van der Waals surface area contributed by atoms with Crippen molar-refractivity contribution in [3.63, 3.8) is 0 Å². The molecule has 4 nitrogen and oxygen atoms in total. The molecule has 1 rings (SSSR count). The van der Waals surface area contributed by atoms with Crippen LogP contribution in [-0.2, 0) is 9.53 Å².